The molecule has 0 aromatic rings. The molecule has 0 aromatic heterocycles. The molecule has 0 unspecified atom stereocenters. The molecule has 0 fully saturated rings. The zero-order chi connectivity index (χ0) is 9.90. The fourth-order valence-corrected chi connectivity index (χ4v) is 1.45. The summed E-state index contributed by atoms with van der Waals surface area (Å²) in [4.78, 5) is 4.48. The molecule has 0 amide bonds. The molecule has 72 valence electrons. The summed E-state index contributed by atoms with van der Waals surface area (Å²) in [6.45, 7) is 8.73. The minimum Gasteiger partial charge on any atom is -0.265 e. The van der Waals surface area contributed by atoms with E-state index >= 15 is 0 Å². The van der Waals surface area contributed by atoms with Crippen molar-refractivity contribution in [2.75, 3.05) is 0 Å². The van der Waals surface area contributed by atoms with Crippen LogP contribution in [0.25, 0.3) is 0 Å². The first-order chi connectivity index (χ1) is 6.07. The van der Waals surface area contributed by atoms with Gasteiger partial charge < -0.3 is 0 Å². The molecular formula is C12H19N. The Hall–Kier alpha value is -0.850. The van der Waals surface area contributed by atoms with Crippen LogP contribution in [0.4, 0.5) is 0 Å². The molecule has 0 saturated heterocycles. The maximum atomic E-state index is 4.48. The molecule has 0 saturated carbocycles. The molecule has 0 radical (unpaired) electrons. The van der Waals surface area contributed by atoms with Crippen LogP contribution in [0.2, 0.25) is 0 Å². The Morgan fingerprint density at radius 2 is 1.92 bits per heavy atom. The van der Waals surface area contributed by atoms with Gasteiger partial charge in [-0.1, -0.05) is 33.8 Å². The van der Waals surface area contributed by atoms with Crippen molar-refractivity contribution in [2.45, 2.75) is 40.5 Å². The highest BCUT2D eigenvalue weighted by atomic mass is 14.7. The molecule has 1 nitrogen and oxygen atoms in total. The Morgan fingerprint density at radius 3 is 2.46 bits per heavy atom. The Labute approximate surface area is 81.3 Å². The SMILES string of the molecule is CCC1=CC(C)(C)C=NC(CC)=C1. The number of aliphatic imine (C=N–C) groups is 1. The summed E-state index contributed by atoms with van der Waals surface area (Å²) in [7, 11) is 0. The molecule has 0 aromatic carbocycles. The van der Waals surface area contributed by atoms with Crippen molar-refractivity contribution in [3.05, 3.63) is 23.4 Å². The lowest BCUT2D eigenvalue weighted by Crippen LogP contribution is -2.08. The van der Waals surface area contributed by atoms with Gasteiger partial charge >= 0.3 is 0 Å². The van der Waals surface area contributed by atoms with E-state index in [0.717, 1.165) is 12.8 Å². The third-order valence-corrected chi connectivity index (χ3v) is 2.24. The zero-order valence-corrected chi connectivity index (χ0v) is 9.09. The molecule has 0 bridgehead atoms. The summed E-state index contributed by atoms with van der Waals surface area (Å²) in [6, 6.07) is 0. The van der Waals surface area contributed by atoms with Crippen molar-refractivity contribution in [3.63, 3.8) is 0 Å². The second-order valence-corrected chi connectivity index (χ2v) is 4.14. The summed E-state index contributed by atoms with van der Waals surface area (Å²) in [5.41, 5.74) is 2.71. The van der Waals surface area contributed by atoms with E-state index in [9.17, 15) is 0 Å². The lowest BCUT2D eigenvalue weighted by molar-refractivity contribution is 0.687. The van der Waals surface area contributed by atoms with Crippen LogP contribution in [0.3, 0.4) is 0 Å². The van der Waals surface area contributed by atoms with Crippen LogP contribution in [-0.4, -0.2) is 6.21 Å². The predicted octanol–water partition coefficient (Wildman–Crippen LogP) is 3.73. The molecule has 0 spiro atoms. The maximum absolute atomic E-state index is 4.48. The lowest BCUT2D eigenvalue weighted by Gasteiger charge is -2.13. The van der Waals surface area contributed by atoms with E-state index in [-0.39, 0.29) is 5.41 Å². The van der Waals surface area contributed by atoms with Crippen molar-refractivity contribution < 1.29 is 0 Å². The van der Waals surface area contributed by atoms with Crippen LogP contribution >= 0.6 is 0 Å². The maximum Gasteiger partial charge on any atom is 0.0399 e. The first kappa shape index (κ1) is 10.2. The van der Waals surface area contributed by atoms with Crippen LogP contribution < -0.4 is 0 Å². The van der Waals surface area contributed by atoms with Gasteiger partial charge in [-0.3, -0.25) is 4.99 Å². The summed E-state index contributed by atoms with van der Waals surface area (Å²) in [5.74, 6) is 0. The zero-order valence-electron chi connectivity index (χ0n) is 9.09. The Bertz CT molecular complexity index is 267. The Balaban J connectivity index is 3.00. The average Bonchev–Trinajstić information content (AvgIpc) is 2.23. The van der Waals surface area contributed by atoms with Gasteiger partial charge in [-0.25, -0.2) is 0 Å². The molecule has 1 rings (SSSR count). The molecule has 13 heavy (non-hydrogen) atoms. The number of hydrogen-bond acceptors (Lipinski definition) is 1. The highest BCUT2D eigenvalue weighted by Gasteiger charge is 2.14. The minimum atomic E-state index is 0.110. The number of nitrogens with zero attached hydrogens (tertiary/aromatic N) is 1. The number of hydrogen-bond donors (Lipinski definition) is 0. The smallest absolute Gasteiger partial charge is 0.0399 e. The van der Waals surface area contributed by atoms with E-state index < -0.39 is 0 Å². The van der Waals surface area contributed by atoms with E-state index in [4.69, 9.17) is 0 Å². The minimum absolute atomic E-state index is 0.110. The van der Waals surface area contributed by atoms with E-state index in [1.54, 1.807) is 0 Å². The third-order valence-electron chi connectivity index (χ3n) is 2.24. The van der Waals surface area contributed by atoms with Crippen LogP contribution in [-0.2, 0) is 0 Å². The topological polar surface area (TPSA) is 12.4 Å². The summed E-state index contributed by atoms with van der Waals surface area (Å²) < 4.78 is 0. The van der Waals surface area contributed by atoms with E-state index in [1.807, 2.05) is 6.21 Å². The Kier molecular flexibility index (Phi) is 3.07. The van der Waals surface area contributed by atoms with Gasteiger partial charge in [-0.15, -0.1) is 0 Å². The van der Waals surface area contributed by atoms with Gasteiger partial charge in [0.15, 0.2) is 0 Å². The monoisotopic (exact) mass is 177 g/mol. The number of allylic oxidation sites excluding steroid dienone is 4. The van der Waals surface area contributed by atoms with Gasteiger partial charge in [0.25, 0.3) is 0 Å². The molecule has 1 aliphatic rings. The Morgan fingerprint density at radius 1 is 1.23 bits per heavy atom. The van der Waals surface area contributed by atoms with E-state index in [2.05, 4.69) is 44.8 Å². The second-order valence-electron chi connectivity index (χ2n) is 4.14. The molecule has 0 aliphatic carbocycles. The van der Waals surface area contributed by atoms with Crippen LogP contribution in [0.5, 0.6) is 0 Å². The van der Waals surface area contributed by atoms with Crippen LogP contribution in [0, 0.1) is 5.41 Å². The molecule has 1 heterocycles. The molecule has 1 heteroatoms. The van der Waals surface area contributed by atoms with Gasteiger partial charge in [0.2, 0.25) is 0 Å². The predicted molar refractivity (Wildman–Crippen MR) is 59.0 cm³/mol. The van der Waals surface area contributed by atoms with Gasteiger partial charge in [-0.05, 0) is 24.5 Å². The van der Waals surface area contributed by atoms with Crippen molar-refractivity contribution in [2.24, 2.45) is 10.4 Å². The van der Waals surface area contributed by atoms with Gasteiger partial charge in [0.1, 0.15) is 0 Å². The summed E-state index contributed by atoms with van der Waals surface area (Å²) in [6.07, 6.45) is 8.68. The highest BCUT2D eigenvalue weighted by molar-refractivity contribution is 5.70. The standard InChI is InChI=1S/C12H19N/c1-5-10-7-11(6-2)13-9-12(3,4)8-10/h7-9H,5-6H2,1-4H3. The lowest BCUT2D eigenvalue weighted by atomic mass is 9.92. The summed E-state index contributed by atoms with van der Waals surface area (Å²) in [5, 5.41) is 0. The molecule has 0 atom stereocenters. The van der Waals surface area contributed by atoms with Gasteiger partial charge in [-0.2, -0.15) is 0 Å². The summed E-state index contributed by atoms with van der Waals surface area (Å²) >= 11 is 0. The van der Waals surface area contributed by atoms with Crippen molar-refractivity contribution in [1.29, 1.82) is 0 Å². The highest BCUT2D eigenvalue weighted by Crippen LogP contribution is 2.24. The van der Waals surface area contributed by atoms with Crippen LogP contribution in [0.15, 0.2) is 28.4 Å². The van der Waals surface area contributed by atoms with Crippen LogP contribution in [0.1, 0.15) is 40.5 Å². The van der Waals surface area contributed by atoms with Gasteiger partial charge in [0, 0.05) is 17.3 Å². The van der Waals surface area contributed by atoms with E-state index in [0.29, 0.717) is 0 Å². The fourth-order valence-electron chi connectivity index (χ4n) is 1.45. The molecule has 0 N–H and O–H groups in total. The normalized spacial score (nSPS) is 20.6. The number of rotatable bonds is 2. The fraction of sp³-hybridized carbons (Fsp3) is 0.583. The van der Waals surface area contributed by atoms with Crippen molar-refractivity contribution >= 4 is 6.21 Å². The first-order valence-electron chi connectivity index (χ1n) is 5.05. The molecular weight excluding hydrogens is 158 g/mol. The molecule has 1 aliphatic heterocycles. The largest absolute Gasteiger partial charge is 0.265 e. The quantitative estimate of drug-likeness (QED) is 0.609. The van der Waals surface area contributed by atoms with Crippen molar-refractivity contribution in [3.8, 4) is 0 Å². The second kappa shape index (κ2) is 3.91. The van der Waals surface area contributed by atoms with Crippen molar-refractivity contribution in [1.82, 2.24) is 0 Å². The first-order valence-corrected chi connectivity index (χ1v) is 5.05. The third kappa shape index (κ3) is 2.83. The average molecular weight is 177 g/mol. The van der Waals surface area contributed by atoms with Gasteiger partial charge in [0.05, 0.1) is 0 Å². The van der Waals surface area contributed by atoms with E-state index in [1.165, 1.54) is 11.3 Å².